The molecule has 0 radical (unpaired) electrons. The molecular weight excluding hydrogens is 352 g/mol. The number of benzene rings is 2. The number of halogens is 1. The molecule has 1 amide bonds. The SMILES string of the molecule is COC(=O)CCNC(=O)c1cc(-c2ccc(Cl)cc2)nc2ccccc12. The molecule has 0 aliphatic carbocycles. The Hall–Kier alpha value is -2.92. The molecule has 1 N–H and O–H groups in total. The summed E-state index contributed by atoms with van der Waals surface area (Å²) in [4.78, 5) is 28.5. The molecule has 3 rings (SSSR count). The number of rotatable bonds is 5. The third kappa shape index (κ3) is 4.00. The number of esters is 1. The summed E-state index contributed by atoms with van der Waals surface area (Å²) < 4.78 is 4.58. The second-order valence-electron chi connectivity index (χ2n) is 5.66. The first-order valence-electron chi connectivity index (χ1n) is 8.09. The first-order chi connectivity index (χ1) is 12.6. The van der Waals surface area contributed by atoms with Crippen LogP contribution in [0.5, 0.6) is 0 Å². The maximum atomic E-state index is 12.7. The van der Waals surface area contributed by atoms with Crippen LogP contribution >= 0.6 is 11.6 Å². The van der Waals surface area contributed by atoms with Gasteiger partial charge in [-0.25, -0.2) is 4.98 Å². The largest absolute Gasteiger partial charge is 0.469 e. The average molecular weight is 369 g/mol. The minimum Gasteiger partial charge on any atom is -0.469 e. The number of carbonyl (C=O) groups excluding carboxylic acids is 2. The molecular formula is C20H17ClN2O3. The van der Waals surface area contributed by atoms with Crippen LogP contribution in [-0.4, -0.2) is 30.5 Å². The number of carbonyl (C=O) groups is 2. The minimum absolute atomic E-state index is 0.120. The highest BCUT2D eigenvalue weighted by atomic mass is 35.5. The molecule has 1 heterocycles. The molecule has 3 aromatic rings. The lowest BCUT2D eigenvalue weighted by Gasteiger charge is -2.10. The van der Waals surface area contributed by atoms with Crippen molar-refractivity contribution in [2.24, 2.45) is 0 Å². The molecule has 0 bridgehead atoms. The number of amides is 1. The second kappa shape index (κ2) is 7.97. The van der Waals surface area contributed by atoms with Crippen molar-refractivity contribution in [2.45, 2.75) is 6.42 Å². The Bertz CT molecular complexity index is 955. The first-order valence-corrected chi connectivity index (χ1v) is 8.47. The number of aromatic nitrogens is 1. The van der Waals surface area contributed by atoms with Crippen molar-refractivity contribution >= 4 is 34.4 Å². The van der Waals surface area contributed by atoms with E-state index in [0.717, 1.165) is 16.5 Å². The smallest absolute Gasteiger partial charge is 0.307 e. The van der Waals surface area contributed by atoms with Crippen LogP contribution in [0.4, 0.5) is 0 Å². The third-order valence-corrected chi connectivity index (χ3v) is 4.20. The Labute approximate surface area is 156 Å². The lowest BCUT2D eigenvalue weighted by atomic mass is 10.0. The second-order valence-corrected chi connectivity index (χ2v) is 6.10. The molecule has 0 aliphatic heterocycles. The monoisotopic (exact) mass is 368 g/mol. The number of hydrogen-bond donors (Lipinski definition) is 1. The summed E-state index contributed by atoms with van der Waals surface area (Å²) in [5.74, 6) is -0.630. The highest BCUT2D eigenvalue weighted by Crippen LogP contribution is 2.25. The highest BCUT2D eigenvalue weighted by molar-refractivity contribution is 6.30. The molecule has 26 heavy (non-hydrogen) atoms. The zero-order valence-electron chi connectivity index (χ0n) is 14.2. The van der Waals surface area contributed by atoms with Crippen LogP contribution in [0, 0.1) is 0 Å². The Balaban J connectivity index is 1.96. The number of nitrogens with one attached hydrogen (secondary N) is 1. The highest BCUT2D eigenvalue weighted by Gasteiger charge is 2.14. The van der Waals surface area contributed by atoms with Crippen LogP contribution in [0.25, 0.3) is 22.2 Å². The normalized spacial score (nSPS) is 10.5. The number of para-hydroxylation sites is 1. The third-order valence-electron chi connectivity index (χ3n) is 3.94. The number of hydrogen-bond acceptors (Lipinski definition) is 4. The topological polar surface area (TPSA) is 68.3 Å². The van der Waals surface area contributed by atoms with Gasteiger partial charge in [0.1, 0.15) is 0 Å². The standard InChI is InChI=1S/C20H17ClN2O3/c1-26-19(24)10-11-22-20(25)16-12-18(13-6-8-14(21)9-7-13)23-17-5-3-2-4-15(16)17/h2-9,12H,10-11H2,1H3,(H,22,25). The Morgan fingerprint density at radius 3 is 2.58 bits per heavy atom. The van der Waals surface area contributed by atoms with Gasteiger partial charge in [-0.1, -0.05) is 41.9 Å². The van der Waals surface area contributed by atoms with Crippen LogP contribution in [-0.2, 0) is 9.53 Å². The van der Waals surface area contributed by atoms with E-state index in [-0.39, 0.29) is 24.8 Å². The van der Waals surface area contributed by atoms with Crippen molar-refractivity contribution in [2.75, 3.05) is 13.7 Å². The van der Waals surface area contributed by atoms with E-state index in [1.54, 1.807) is 18.2 Å². The van der Waals surface area contributed by atoms with Crippen LogP contribution in [0.2, 0.25) is 5.02 Å². The van der Waals surface area contributed by atoms with E-state index < -0.39 is 0 Å². The summed E-state index contributed by atoms with van der Waals surface area (Å²) in [6.45, 7) is 0.207. The zero-order valence-corrected chi connectivity index (χ0v) is 14.9. The molecule has 0 aliphatic rings. The first kappa shape index (κ1) is 17.9. The molecule has 0 saturated carbocycles. The molecule has 2 aromatic carbocycles. The zero-order chi connectivity index (χ0) is 18.5. The number of ether oxygens (including phenoxy) is 1. The number of fused-ring (bicyclic) bond motifs is 1. The van der Waals surface area contributed by atoms with Crippen molar-refractivity contribution in [3.63, 3.8) is 0 Å². The molecule has 5 nitrogen and oxygen atoms in total. The van der Waals surface area contributed by atoms with Gasteiger partial charge in [0, 0.05) is 22.5 Å². The molecule has 0 fully saturated rings. The van der Waals surface area contributed by atoms with Crippen LogP contribution in [0.3, 0.4) is 0 Å². The fraction of sp³-hybridized carbons (Fsp3) is 0.150. The van der Waals surface area contributed by atoms with Gasteiger partial charge >= 0.3 is 5.97 Å². The van der Waals surface area contributed by atoms with E-state index in [1.165, 1.54) is 7.11 Å². The summed E-state index contributed by atoms with van der Waals surface area (Å²) in [6, 6.07) is 16.5. The van der Waals surface area contributed by atoms with Gasteiger partial charge in [0.05, 0.1) is 30.3 Å². The summed E-state index contributed by atoms with van der Waals surface area (Å²) in [5.41, 5.74) is 2.77. The minimum atomic E-state index is -0.369. The molecule has 0 atom stereocenters. The Morgan fingerprint density at radius 2 is 1.85 bits per heavy atom. The van der Waals surface area contributed by atoms with E-state index >= 15 is 0 Å². The fourth-order valence-electron chi connectivity index (χ4n) is 2.61. The maximum Gasteiger partial charge on any atom is 0.307 e. The lowest BCUT2D eigenvalue weighted by molar-refractivity contribution is -0.140. The van der Waals surface area contributed by atoms with Gasteiger partial charge in [0.2, 0.25) is 0 Å². The van der Waals surface area contributed by atoms with Gasteiger partial charge in [0.25, 0.3) is 5.91 Å². The average Bonchev–Trinajstić information content (AvgIpc) is 2.67. The molecule has 0 spiro atoms. The van der Waals surface area contributed by atoms with Crippen molar-refractivity contribution in [3.8, 4) is 11.3 Å². The van der Waals surface area contributed by atoms with E-state index in [1.807, 2.05) is 36.4 Å². The van der Waals surface area contributed by atoms with Crippen LogP contribution < -0.4 is 5.32 Å². The lowest BCUT2D eigenvalue weighted by Crippen LogP contribution is -2.26. The van der Waals surface area contributed by atoms with Gasteiger partial charge in [0.15, 0.2) is 0 Å². The van der Waals surface area contributed by atoms with E-state index in [0.29, 0.717) is 16.3 Å². The summed E-state index contributed by atoms with van der Waals surface area (Å²) in [7, 11) is 1.32. The fourth-order valence-corrected chi connectivity index (χ4v) is 2.73. The van der Waals surface area contributed by atoms with Gasteiger partial charge in [-0.3, -0.25) is 9.59 Å². The van der Waals surface area contributed by atoms with E-state index in [4.69, 9.17) is 11.6 Å². The van der Waals surface area contributed by atoms with Crippen molar-refractivity contribution in [1.29, 1.82) is 0 Å². The predicted molar refractivity (Wildman–Crippen MR) is 101 cm³/mol. The molecule has 1 aromatic heterocycles. The van der Waals surface area contributed by atoms with Crippen molar-refractivity contribution in [1.82, 2.24) is 10.3 Å². The molecule has 6 heteroatoms. The van der Waals surface area contributed by atoms with Crippen LogP contribution in [0.15, 0.2) is 54.6 Å². The summed E-state index contributed by atoms with van der Waals surface area (Å²) >= 11 is 5.95. The van der Waals surface area contributed by atoms with Gasteiger partial charge in [-0.2, -0.15) is 0 Å². The molecule has 0 saturated heterocycles. The van der Waals surface area contributed by atoms with Crippen molar-refractivity contribution < 1.29 is 14.3 Å². The predicted octanol–water partition coefficient (Wildman–Crippen LogP) is 3.85. The summed E-state index contributed by atoms with van der Waals surface area (Å²) in [6.07, 6.45) is 0.120. The maximum absolute atomic E-state index is 12.7. The Kier molecular flexibility index (Phi) is 5.49. The van der Waals surface area contributed by atoms with Gasteiger partial charge in [-0.15, -0.1) is 0 Å². The molecule has 0 unspecified atom stereocenters. The number of pyridine rings is 1. The summed E-state index contributed by atoms with van der Waals surface area (Å²) in [5, 5.41) is 4.14. The van der Waals surface area contributed by atoms with E-state index in [2.05, 4.69) is 15.0 Å². The number of nitrogens with zero attached hydrogens (tertiary/aromatic N) is 1. The quantitative estimate of drug-likeness (QED) is 0.694. The van der Waals surface area contributed by atoms with Crippen LogP contribution in [0.1, 0.15) is 16.8 Å². The van der Waals surface area contributed by atoms with Crippen molar-refractivity contribution in [3.05, 3.63) is 65.2 Å². The molecule has 132 valence electrons. The number of methoxy groups -OCH3 is 1. The van der Waals surface area contributed by atoms with Gasteiger partial charge < -0.3 is 10.1 Å². The van der Waals surface area contributed by atoms with Gasteiger partial charge in [-0.05, 0) is 24.3 Å². The Morgan fingerprint density at radius 1 is 1.12 bits per heavy atom. The van der Waals surface area contributed by atoms with E-state index in [9.17, 15) is 9.59 Å².